The van der Waals surface area contributed by atoms with Crippen LogP contribution >= 0.6 is 0 Å². The Morgan fingerprint density at radius 1 is 0.562 bits per heavy atom. The van der Waals surface area contributed by atoms with Crippen molar-refractivity contribution in [3.8, 4) is 0 Å². The molecule has 0 atom stereocenters. The van der Waals surface area contributed by atoms with E-state index >= 15 is 0 Å². The van der Waals surface area contributed by atoms with E-state index in [0.717, 1.165) is 26.4 Å². The number of rotatable bonds is 0. The first-order chi connectivity index (χ1) is 7.24. The fourth-order valence-corrected chi connectivity index (χ4v) is 0.440. The van der Waals surface area contributed by atoms with Gasteiger partial charge >= 0.3 is 40.4 Å². The largest absolute Gasteiger partial charge is 3.00 e. The molecule has 1 aliphatic rings. The third kappa shape index (κ3) is 58.9. The Morgan fingerprint density at radius 2 is 0.688 bits per heavy atom. The molecule has 1 heterocycles. The predicted molar refractivity (Wildman–Crippen MR) is 66.7 cm³/mol. The van der Waals surface area contributed by atoms with E-state index in [2.05, 4.69) is 41.5 Å². The van der Waals surface area contributed by atoms with Gasteiger partial charge in [-0.05, 0) is 60.8 Å². The molecule has 0 aromatic rings. The molecule has 0 bridgehead atoms. The van der Waals surface area contributed by atoms with E-state index in [1.165, 1.54) is 19.3 Å². The van der Waals surface area contributed by atoms with Gasteiger partial charge in [0.2, 0.25) is 0 Å². The van der Waals surface area contributed by atoms with Crippen LogP contribution in [0.1, 0.15) is 0 Å². The van der Waals surface area contributed by atoms with Crippen molar-refractivity contribution >= 4 is 0 Å². The van der Waals surface area contributed by atoms with Gasteiger partial charge in [0.1, 0.15) is 0 Å². The van der Waals surface area contributed by atoms with Crippen LogP contribution < -0.4 is 0 Å². The third-order valence-electron chi connectivity index (χ3n) is 0.744. The first-order valence-corrected chi connectivity index (χ1v) is 4.60. The van der Waals surface area contributed by atoms with Gasteiger partial charge in [0.15, 0.2) is 0 Å². The maximum atomic E-state index is 4.94. The maximum absolute atomic E-state index is 4.94. The molecule has 16 heavy (non-hydrogen) atoms. The molecule has 0 spiro atoms. The molecule has 1 rings (SSSR count). The molecule has 0 amide bonds. The Kier molecular flexibility index (Phi) is 58.3. The molecule has 0 unspecified atom stereocenters. The molecule has 3 heteroatoms. The molecule has 1 fully saturated rings. The first kappa shape index (κ1) is 26.0. The molecule has 1 saturated heterocycles. The first-order valence-electron chi connectivity index (χ1n) is 4.60. The second-order valence-electron chi connectivity index (χ2n) is 2.09. The van der Waals surface area contributed by atoms with Crippen molar-refractivity contribution in [1.82, 2.24) is 0 Å². The summed E-state index contributed by atoms with van der Waals surface area (Å²) in [4.78, 5) is 0. The second-order valence-corrected chi connectivity index (χ2v) is 2.09. The SMILES string of the molecule is C1COCCO1.[CH2][CH][CH2].[CH2][CH][CH2].[CH2][CH][CH2].[Sm+3]. The molecule has 1 aliphatic heterocycles. The Balaban J connectivity index is -0.0000000637. The van der Waals surface area contributed by atoms with E-state index < -0.39 is 0 Å². The molecule has 0 aliphatic carbocycles. The Hall–Kier alpha value is 1.26. The van der Waals surface area contributed by atoms with Crippen molar-refractivity contribution < 1.29 is 49.9 Å². The van der Waals surface area contributed by atoms with Gasteiger partial charge in [0.05, 0.1) is 26.4 Å². The minimum atomic E-state index is 0. The van der Waals surface area contributed by atoms with Gasteiger partial charge in [-0.2, -0.15) is 0 Å². The average Bonchev–Trinajstić information content (AvgIpc) is 2.24. The van der Waals surface area contributed by atoms with Crippen molar-refractivity contribution in [3.63, 3.8) is 0 Å². The van der Waals surface area contributed by atoms with Crippen LogP contribution in [0.25, 0.3) is 0 Å². The monoisotopic (exact) mass is 363 g/mol. The van der Waals surface area contributed by atoms with Gasteiger partial charge in [-0.3, -0.25) is 0 Å². The molecular formula is C13H23O2Sm+3. The summed E-state index contributed by atoms with van der Waals surface area (Å²) in [6.07, 6.45) is 4.50. The van der Waals surface area contributed by atoms with Crippen LogP contribution in [-0.2, 0) is 9.47 Å². The standard InChI is InChI=1S/C4H8O2.3C3H5.Sm/c1-2-6-4-3-5-1;3*1-3-2;/h1-4H2;3*3H,1-2H2;/q;;;;+3. The van der Waals surface area contributed by atoms with Crippen LogP contribution in [-0.4, -0.2) is 26.4 Å². The molecular weight excluding hydrogens is 339 g/mol. The van der Waals surface area contributed by atoms with Gasteiger partial charge in [0, 0.05) is 0 Å². The zero-order valence-corrected chi connectivity index (χ0v) is 12.6. The smallest absolute Gasteiger partial charge is 0.377 e. The van der Waals surface area contributed by atoms with E-state index in [-0.39, 0.29) is 40.4 Å². The van der Waals surface area contributed by atoms with E-state index in [9.17, 15) is 0 Å². The van der Waals surface area contributed by atoms with Gasteiger partial charge in [-0.15, -0.1) is 0 Å². The van der Waals surface area contributed by atoms with Crippen molar-refractivity contribution in [2.75, 3.05) is 26.4 Å². The summed E-state index contributed by atoms with van der Waals surface area (Å²) in [7, 11) is 0. The van der Waals surface area contributed by atoms with Crippen molar-refractivity contribution in [2.24, 2.45) is 0 Å². The van der Waals surface area contributed by atoms with Crippen LogP contribution in [0.4, 0.5) is 0 Å². The quantitative estimate of drug-likeness (QED) is 0.660. The van der Waals surface area contributed by atoms with Crippen LogP contribution in [0.3, 0.4) is 0 Å². The summed E-state index contributed by atoms with van der Waals surface area (Å²) < 4.78 is 9.89. The van der Waals surface area contributed by atoms with E-state index in [1.807, 2.05) is 0 Å². The summed E-state index contributed by atoms with van der Waals surface area (Å²) in [6, 6.07) is 0. The molecule has 10 radical (unpaired) electrons. The fourth-order valence-electron chi connectivity index (χ4n) is 0.440. The minimum Gasteiger partial charge on any atom is -0.377 e. The molecule has 0 N–H and O–H groups in total. The molecule has 2 nitrogen and oxygen atoms in total. The van der Waals surface area contributed by atoms with E-state index in [1.54, 1.807) is 0 Å². The third-order valence-corrected chi connectivity index (χ3v) is 0.744. The second kappa shape index (κ2) is 36.0. The van der Waals surface area contributed by atoms with Crippen LogP contribution in [0.2, 0.25) is 0 Å². The molecule has 0 saturated carbocycles. The summed E-state index contributed by atoms with van der Waals surface area (Å²) in [6.45, 7) is 22.6. The summed E-state index contributed by atoms with van der Waals surface area (Å²) in [5, 5.41) is 0. The Labute approximate surface area is 136 Å². The molecule has 90 valence electrons. The summed E-state index contributed by atoms with van der Waals surface area (Å²) in [5.41, 5.74) is 0. The van der Waals surface area contributed by atoms with Crippen LogP contribution in [0, 0.1) is 101 Å². The van der Waals surface area contributed by atoms with Crippen LogP contribution in [0.15, 0.2) is 0 Å². The zero-order valence-electron chi connectivity index (χ0n) is 10.0. The number of hydrogen-bond acceptors (Lipinski definition) is 2. The molecule has 0 aromatic heterocycles. The summed E-state index contributed by atoms with van der Waals surface area (Å²) in [5.74, 6) is 0. The molecule has 0 aromatic carbocycles. The minimum absolute atomic E-state index is 0. The Morgan fingerprint density at radius 3 is 0.750 bits per heavy atom. The Bertz CT molecular complexity index is 50.7. The number of hydrogen-bond donors (Lipinski definition) is 0. The van der Waals surface area contributed by atoms with Crippen molar-refractivity contribution in [1.29, 1.82) is 0 Å². The van der Waals surface area contributed by atoms with Gasteiger partial charge in [-0.25, -0.2) is 0 Å². The topological polar surface area (TPSA) is 18.5 Å². The van der Waals surface area contributed by atoms with Gasteiger partial charge < -0.3 is 9.47 Å². The summed E-state index contributed by atoms with van der Waals surface area (Å²) >= 11 is 0. The normalized spacial score (nSPS) is 12.4. The van der Waals surface area contributed by atoms with Crippen molar-refractivity contribution in [3.05, 3.63) is 60.8 Å². The van der Waals surface area contributed by atoms with E-state index in [4.69, 9.17) is 9.47 Å². The average molecular weight is 362 g/mol. The van der Waals surface area contributed by atoms with Gasteiger partial charge in [0.25, 0.3) is 0 Å². The van der Waals surface area contributed by atoms with Crippen molar-refractivity contribution in [2.45, 2.75) is 0 Å². The van der Waals surface area contributed by atoms with Crippen LogP contribution in [0.5, 0.6) is 0 Å². The maximum Gasteiger partial charge on any atom is 3.00 e. The van der Waals surface area contributed by atoms with Gasteiger partial charge in [-0.1, -0.05) is 0 Å². The fraction of sp³-hybridized carbons (Fsp3) is 0.308. The predicted octanol–water partition coefficient (Wildman–Crippen LogP) is 2.61. The van der Waals surface area contributed by atoms with E-state index in [0.29, 0.717) is 0 Å². The zero-order chi connectivity index (χ0) is 12.4. The number of ether oxygens (including phenoxy) is 2.